The molecule has 2 aromatic rings. The summed E-state index contributed by atoms with van der Waals surface area (Å²) >= 11 is 17.0. The molecule has 2 fully saturated rings. The maximum atomic E-state index is 12.0. The normalized spacial score (nSPS) is 26.8. The van der Waals surface area contributed by atoms with Crippen molar-refractivity contribution in [2.24, 2.45) is 5.92 Å². The van der Waals surface area contributed by atoms with E-state index in [2.05, 4.69) is 17.1 Å². The van der Waals surface area contributed by atoms with E-state index < -0.39 is 16.0 Å². The number of benzene rings is 2. The van der Waals surface area contributed by atoms with Gasteiger partial charge in [0.05, 0.1) is 25.4 Å². The van der Waals surface area contributed by atoms with Crippen molar-refractivity contribution < 1.29 is 24.1 Å². The summed E-state index contributed by atoms with van der Waals surface area (Å²) in [6.45, 7) is 4.64. The Morgan fingerprint density at radius 3 is 2.41 bits per heavy atom. The summed E-state index contributed by atoms with van der Waals surface area (Å²) in [5.41, 5.74) is 3.19. The Bertz CT molecular complexity index is 1030. The van der Waals surface area contributed by atoms with Crippen LogP contribution in [0.25, 0.3) is 0 Å². The van der Waals surface area contributed by atoms with E-state index in [1.54, 1.807) is 19.2 Å². The van der Waals surface area contributed by atoms with Gasteiger partial charge in [-0.25, -0.2) is 0 Å². The third-order valence-corrected chi connectivity index (χ3v) is 7.61. The van der Waals surface area contributed by atoms with Crippen molar-refractivity contribution >= 4 is 46.4 Å². The average molecular weight is 572 g/mol. The summed E-state index contributed by atoms with van der Waals surface area (Å²) < 4.78 is 16.5. The smallest absolute Gasteiger partial charge is 0.276 e. The molecule has 10 heteroatoms. The number of likely N-dealkylation sites (tertiary alicyclic amines) is 1. The lowest BCUT2D eigenvalue weighted by Gasteiger charge is -2.43. The van der Waals surface area contributed by atoms with E-state index in [1.165, 1.54) is 0 Å². The van der Waals surface area contributed by atoms with Gasteiger partial charge in [-0.05, 0) is 42.6 Å². The first-order valence-electron chi connectivity index (χ1n) is 12.4. The first-order valence-corrected chi connectivity index (χ1v) is 13.5. The molecule has 0 bridgehead atoms. The molecule has 4 rings (SSSR count). The second-order valence-corrected chi connectivity index (χ2v) is 11.9. The van der Waals surface area contributed by atoms with Crippen molar-refractivity contribution in [3.05, 3.63) is 65.2 Å². The number of aliphatic hydroxyl groups is 1. The Hall–Kier alpha value is -1.42. The van der Waals surface area contributed by atoms with Gasteiger partial charge in [0, 0.05) is 36.9 Å². The fraction of sp³-hybridized carbons (Fsp3) is 0.519. The zero-order valence-corrected chi connectivity index (χ0v) is 23.2. The highest BCUT2D eigenvalue weighted by atomic mass is 35.6. The fourth-order valence-electron chi connectivity index (χ4n) is 5.00. The van der Waals surface area contributed by atoms with E-state index in [1.807, 2.05) is 36.4 Å². The first-order chi connectivity index (χ1) is 17.7. The molecule has 7 nitrogen and oxygen atoms in total. The second kappa shape index (κ2) is 12.6. The number of carbonyl (C=O) groups is 1. The van der Waals surface area contributed by atoms with Crippen LogP contribution in [0.1, 0.15) is 48.8 Å². The van der Waals surface area contributed by atoms with Crippen molar-refractivity contribution in [3.63, 3.8) is 0 Å². The van der Waals surface area contributed by atoms with Gasteiger partial charge in [0.25, 0.3) is 9.70 Å². The lowest BCUT2D eigenvalue weighted by atomic mass is 9.90. The van der Waals surface area contributed by atoms with Gasteiger partial charge in [-0.15, -0.1) is 0 Å². The molecule has 5 atom stereocenters. The Morgan fingerprint density at radius 1 is 1.11 bits per heavy atom. The molecule has 0 aliphatic carbocycles. The van der Waals surface area contributed by atoms with E-state index in [-0.39, 0.29) is 24.7 Å². The number of amides is 1. The Balaban J connectivity index is 1.56. The number of aliphatic hydroxyl groups excluding tert-OH is 1. The highest BCUT2D eigenvalue weighted by Crippen LogP contribution is 2.42. The zero-order valence-electron chi connectivity index (χ0n) is 20.9. The van der Waals surface area contributed by atoms with Gasteiger partial charge >= 0.3 is 0 Å². The second-order valence-electron chi connectivity index (χ2n) is 9.64. The van der Waals surface area contributed by atoms with Gasteiger partial charge in [-0.1, -0.05) is 78.1 Å². The molecular weight excluding hydrogens is 539 g/mol. The quantitative estimate of drug-likeness (QED) is 0.414. The van der Waals surface area contributed by atoms with E-state index in [4.69, 9.17) is 49.0 Å². The monoisotopic (exact) mass is 570 g/mol. The minimum Gasteiger partial charge on any atom is -0.392 e. The van der Waals surface area contributed by atoms with Crippen molar-refractivity contribution in [2.45, 2.75) is 54.7 Å². The molecule has 5 unspecified atom stereocenters. The number of methoxy groups -OCH3 is 1. The summed E-state index contributed by atoms with van der Waals surface area (Å²) in [5.74, 6) is -0.644. The highest BCUT2D eigenvalue weighted by molar-refractivity contribution is 6.76. The maximum absolute atomic E-state index is 12.0. The topological polar surface area (TPSA) is 80.3 Å². The number of hydrogen-bond donors (Lipinski definition) is 2. The van der Waals surface area contributed by atoms with Crippen LogP contribution in [0.4, 0.5) is 5.69 Å². The van der Waals surface area contributed by atoms with Crippen molar-refractivity contribution in [2.75, 3.05) is 32.1 Å². The molecule has 202 valence electrons. The van der Waals surface area contributed by atoms with Gasteiger partial charge in [-0.3, -0.25) is 9.69 Å². The number of alkyl halides is 3. The van der Waals surface area contributed by atoms with Crippen LogP contribution in [0.15, 0.2) is 48.5 Å². The number of nitrogens with one attached hydrogen (secondary N) is 1. The molecule has 2 saturated heterocycles. The minimum absolute atomic E-state index is 0.00721. The molecule has 2 aliphatic heterocycles. The molecule has 2 heterocycles. The van der Waals surface area contributed by atoms with E-state index in [0.717, 1.165) is 42.6 Å². The number of anilines is 1. The molecule has 0 aromatic heterocycles. The van der Waals surface area contributed by atoms with Crippen molar-refractivity contribution in [1.29, 1.82) is 0 Å². The Morgan fingerprint density at radius 2 is 1.78 bits per heavy atom. The first kappa shape index (κ1) is 28.6. The van der Waals surface area contributed by atoms with E-state index in [9.17, 15) is 9.90 Å². The number of ether oxygens (including phenoxy) is 3. The largest absolute Gasteiger partial charge is 0.392 e. The van der Waals surface area contributed by atoms with Gasteiger partial charge in [-0.2, -0.15) is 0 Å². The molecule has 37 heavy (non-hydrogen) atoms. The molecule has 2 aromatic carbocycles. The van der Waals surface area contributed by atoms with Crippen LogP contribution in [0.5, 0.6) is 0 Å². The summed E-state index contributed by atoms with van der Waals surface area (Å²) in [7, 11) is 1.74. The zero-order chi connectivity index (χ0) is 26.6. The van der Waals surface area contributed by atoms with Crippen molar-refractivity contribution in [3.8, 4) is 0 Å². The third-order valence-electron chi connectivity index (χ3n) is 7.09. The number of rotatable bonds is 8. The van der Waals surface area contributed by atoms with Gasteiger partial charge < -0.3 is 24.6 Å². The lowest BCUT2D eigenvalue weighted by molar-refractivity contribution is -0.276. The van der Waals surface area contributed by atoms with Crippen LogP contribution in [0.3, 0.4) is 0 Å². The summed E-state index contributed by atoms with van der Waals surface area (Å²) in [5, 5.41) is 12.0. The minimum atomic E-state index is -2.05. The summed E-state index contributed by atoms with van der Waals surface area (Å²) in [6, 6.07) is 15.3. The Labute approximate surface area is 232 Å². The van der Waals surface area contributed by atoms with Crippen LogP contribution >= 0.6 is 34.8 Å². The number of hydrogen-bond acceptors (Lipinski definition) is 6. The number of nitrogens with zero attached hydrogens (tertiary/aromatic N) is 1. The fourth-order valence-corrected chi connectivity index (χ4v) is 5.14. The van der Waals surface area contributed by atoms with Crippen LogP contribution < -0.4 is 5.32 Å². The van der Waals surface area contributed by atoms with Gasteiger partial charge in [0.15, 0.2) is 6.29 Å². The van der Waals surface area contributed by atoms with Crippen LogP contribution in [-0.2, 0) is 25.6 Å². The van der Waals surface area contributed by atoms with Crippen molar-refractivity contribution in [1.82, 2.24) is 4.90 Å². The molecular formula is C27H33Cl3N2O5. The highest BCUT2D eigenvalue weighted by Gasteiger charge is 2.40. The van der Waals surface area contributed by atoms with Gasteiger partial charge in [0.2, 0.25) is 0 Å². The number of carbonyl (C=O) groups excluding carboxylic acids is 1. The predicted molar refractivity (Wildman–Crippen MR) is 145 cm³/mol. The SMILES string of the molecule is COCC1CCCN1CC1OC(c2ccc(NC(=O)C(Cl)(Cl)Cl)cc2)OC(c2ccc(CO)cc2)C1C. The number of halogens is 3. The lowest BCUT2D eigenvalue weighted by Crippen LogP contribution is -2.46. The molecule has 2 N–H and O–H groups in total. The van der Waals surface area contributed by atoms with E-state index in [0.29, 0.717) is 18.3 Å². The molecule has 0 saturated carbocycles. The van der Waals surface area contributed by atoms with Gasteiger partial charge in [0.1, 0.15) is 0 Å². The predicted octanol–water partition coefficient (Wildman–Crippen LogP) is 5.39. The molecule has 1 amide bonds. The summed E-state index contributed by atoms with van der Waals surface area (Å²) in [6.07, 6.45) is 1.36. The van der Waals surface area contributed by atoms with Crippen LogP contribution in [-0.4, -0.2) is 58.7 Å². The Kier molecular flexibility index (Phi) is 9.75. The maximum Gasteiger partial charge on any atom is 0.276 e. The van der Waals surface area contributed by atoms with Crippen LogP contribution in [0.2, 0.25) is 0 Å². The molecule has 2 aliphatic rings. The molecule has 0 radical (unpaired) electrons. The average Bonchev–Trinajstić information content (AvgIpc) is 3.32. The van der Waals surface area contributed by atoms with Crippen LogP contribution in [0, 0.1) is 5.92 Å². The summed E-state index contributed by atoms with van der Waals surface area (Å²) in [4.78, 5) is 14.5. The standard InChI is InChI=1S/C27H33Cl3N2O5/c1-17-23(14-32-13-3-4-22(32)16-35-2)36-25(37-24(17)19-7-5-18(15-33)6-8-19)20-9-11-21(12-10-20)31-26(34)27(28,29)30/h5-12,17,22-25,33H,3-4,13-16H2,1-2H3,(H,31,34). The molecule has 0 spiro atoms. The van der Waals surface area contributed by atoms with E-state index >= 15 is 0 Å². The third kappa shape index (κ3) is 7.16.